The Labute approximate surface area is 91.9 Å². The third-order valence-electron chi connectivity index (χ3n) is 1.32. The molecule has 0 bridgehead atoms. The Balaban J connectivity index is 3.01. The Morgan fingerprint density at radius 1 is 1.57 bits per heavy atom. The molecule has 1 aromatic carbocycles. The van der Waals surface area contributed by atoms with Crippen LogP contribution in [0.2, 0.25) is 0 Å². The van der Waals surface area contributed by atoms with Gasteiger partial charge >= 0.3 is 5.43 Å². The van der Waals surface area contributed by atoms with Crippen molar-refractivity contribution in [2.45, 2.75) is 0 Å². The number of carbonyl (C=O) groups excluding carboxylic acids is 1. The van der Waals surface area contributed by atoms with E-state index in [1.165, 1.54) is 18.2 Å². The summed E-state index contributed by atoms with van der Waals surface area (Å²) in [5.74, 6) is 0.135. The first-order chi connectivity index (χ1) is 6.50. The van der Waals surface area contributed by atoms with E-state index in [2.05, 4.69) is 20.7 Å². The molecule has 0 atom stereocenters. The maximum absolute atomic E-state index is 10.4. The number of halogens is 2. The average Bonchev–Trinajstić information content (AvgIpc) is 2.07. The Kier molecular flexibility index (Phi) is 3.43. The molecule has 0 aliphatic heterocycles. The van der Waals surface area contributed by atoms with Gasteiger partial charge in [-0.25, -0.2) is 4.79 Å². The smallest absolute Gasteiger partial charge is 0.409 e. The molecular weight excluding hydrogens is 277 g/mol. The lowest BCUT2D eigenvalue weighted by atomic mass is 10.3. The summed E-state index contributed by atoms with van der Waals surface area (Å²) >= 11 is 7.97. The molecule has 5 nitrogen and oxygen atoms in total. The highest BCUT2D eigenvalue weighted by Crippen LogP contribution is 2.29. The second-order valence-corrected chi connectivity index (χ2v) is 3.37. The summed E-state index contributed by atoms with van der Waals surface area (Å²) in [6.45, 7) is 0. The monoisotopic (exact) mass is 279 g/mol. The van der Waals surface area contributed by atoms with Crippen LogP contribution in [0, 0.1) is 10.1 Å². The number of benzene rings is 1. The van der Waals surface area contributed by atoms with Crippen LogP contribution in [0.5, 0.6) is 5.75 Å². The summed E-state index contributed by atoms with van der Waals surface area (Å²) in [6.07, 6.45) is 0. The van der Waals surface area contributed by atoms with Gasteiger partial charge in [-0.2, -0.15) is 0 Å². The predicted octanol–water partition coefficient (Wildman–Crippen LogP) is 3.09. The van der Waals surface area contributed by atoms with Crippen LogP contribution in [-0.4, -0.2) is 10.4 Å². The lowest BCUT2D eigenvalue weighted by molar-refractivity contribution is -0.384. The van der Waals surface area contributed by atoms with Crippen LogP contribution in [0.3, 0.4) is 0 Å². The van der Waals surface area contributed by atoms with Gasteiger partial charge in [0.05, 0.1) is 9.40 Å². The summed E-state index contributed by atoms with van der Waals surface area (Å²) in [4.78, 5) is 20.2. The fourth-order valence-electron chi connectivity index (χ4n) is 0.773. The van der Waals surface area contributed by atoms with Crippen molar-refractivity contribution in [1.29, 1.82) is 0 Å². The Morgan fingerprint density at radius 3 is 2.64 bits per heavy atom. The minimum Gasteiger partial charge on any atom is -0.413 e. The van der Waals surface area contributed by atoms with E-state index >= 15 is 0 Å². The SMILES string of the molecule is O=C(Cl)Oc1ccc([N+](=O)[O-])cc1Br. The largest absolute Gasteiger partial charge is 0.413 e. The molecule has 0 heterocycles. The van der Waals surface area contributed by atoms with Crippen LogP contribution in [0.4, 0.5) is 10.5 Å². The molecule has 0 aromatic heterocycles. The van der Waals surface area contributed by atoms with Gasteiger partial charge in [-0.15, -0.1) is 0 Å². The van der Waals surface area contributed by atoms with Crippen LogP contribution in [0.1, 0.15) is 0 Å². The van der Waals surface area contributed by atoms with Crippen molar-refractivity contribution < 1.29 is 14.5 Å². The van der Waals surface area contributed by atoms with Crippen molar-refractivity contribution >= 4 is 38.6 Å². The molecule has 74 valence electrons. The highest BCUT2D eigenvalue weighted by molar-refractivity contribution is 9.10. The molecule has 7 heteroatoms. The molecule has 14 heavy (non-hydrogen) atoms. The number of nitrogens with zero attached hydrogens (tertiary/aromatic N) is 1. The maximum Gasteiger partial charge on any atom is 0.409 e. The number of hydrogen-bond donors (Lipinski definition) is 0. The van der Waals surface area contributed by atoms with Gasteiger partial charge < -0.3 is 4.74 Å². The summed E-state index contributed by atoms with van der Waals surface area (Å²) in [5, 5.41) is 10.3. The number of nitro benzene ring substituents is 1. The molecule has 1 aromatic rings. The van der Waals surface area contributed by atoms with Crippen molar-refractivity contribution in [2.75, 3.05) is 0 Å². The van der Waals surface area contributed by atoms with Crippen LogP contribution >= 0.6 is 27.5 Å². The van der Waals surface area contributed by atoms with E-state index in [9.17, 15) is 14.9 Å². The third kappa shape index (κ3) is 2.68. The van der Waals surface area contributed by atoms with Gasteiger partial charge in [-0.3, -0.25) is 10.1 Å². The normalized spacial score (nSPS) is 9.57. The van der Waals surface area contributed by atoms with E-state index in [4.69, 9.17) is 11.6 Å². The first-order valence-electron chi connectivity index (χ1n) is 3.32. The first kappa shape index (κ1) is 10.9. The van der Waals surface area contributed by atoms with E-state index in [1.807, 2.05) is 0 Å². The Hall–Kier alpha value is -1.14. The number of hydrogen-bond acceptors (Lipinski definition) is 4. The van der Waals surface area contributed by atoms with Crippen LogP contribution < -0.4 is 4.74 Å². The fourth-order valence-corrected chi connectivity index (χ4v) is 1.30. The van der Waals surface area contributed by atoms with Crippen LogP contribution in [0.25, 0.3) is 0 Å². The number of ether oxygens (including phenoxy) is 1. The number of non-ortho nitro benzene ring substituents is 1. The second kappa shape index (κ2) is 4.39. The minimum absolute atomic E-state index is 0.105. The van der Waals surface area contributed by atoms with Crippen molar-refractivity contribution in [1.82, 2.24) is 0 Å². The molecule has 1 rings (SSSR count). The zero-order valence-electron chi connectivity index (χ0n) is 6.57. The van der Waals surface area contributed by atoms with Crippen molar-refractivity contribution in [3.63, 3.8) is 0 Å². The standard InChI is InChI=1S/C7H3BrClNO4/c8-5-3-4(10(12)13)1-2-6(5)14-7(9)11/h1-3H. The predicted molar refractivity (Wildman–Crippen MR) is 52.7 cm³/mol. The molecule has 0 radical (unpaired) electrons. The van der Waals surface area contributed by atoms with Crippen molar-refractivity contribution in [3.05, 3.63) is 32.8 Å². The zero-order valence-corrected chi connectivity index (χ0v) is 8.91. The third-order valence-corrected chi connectivity index (χ3v) is 2.01. The molecule has 0 aliphatic rings. The van der Waals surface area contributed by atoms with Gasteiger partial charge in [0.2, 0.25) is 0 Å². The van der Waals surface area contributed by atoms with Gasteiger partial charge in [0.25, 0.3) is 5.69 Å². The minimum atomic E-state index is -1.00. The van der Waals surface area contributed by atoms with Crippen LogP contribution in [-0.2, 0) is 0 Å². The quantitative estimate of drug-likeness (QED) is 0.474. The van der Waals surface area contributed by atoms with Gasteiger partial charge in [0.1, 0.15) is 5.75 Å². The van der Waals surface area contributed by atoms with Crippen molar-refractivity contribution in [2.24, 2.45) is 0 Å². The summed E-state index contributed by atoms with van der Waals surface area (Å²) in [6, 6.07) is 3.71. The second-order valence-electron chi connectivity index (χ2n) is 2.21. The first-order valence-corrected chi connectivity index (χ1v) is 4.49. The fraction of sp³-hybridized carbons (Fsp3) is 0. The molecule has 0 amide bonds. The van der Waals surface area contributed by atoms with Gasteiger partial charge in [0.15, 0.2) is 0 Å². The lowest BCUT2D eigenvalue weighted by Gasteiger charge is -2.01. The number of nitro groups is 1. The average molecular weight is 280 g/mol. The van der Waals surface area contributed by atoms with Crippen LogP contribution in [0.15, 0.2) is 22.7 Å². The number of rotatable bonds is 2. The van der Waals surface area contributed by atoms with Gasteiger partial charge in [0, 0.05) is 23.7 Å². The number of carbonyl (C=O) groups is 1. The zero-order chi connectivity index (χ0) is 10.7. The summed E-state index contributed by atoms with van der Waals surface area (Å²) in [7, 11) is 0. The lowest BCUT2D eigenvalue weighted by Crippen LogP contribution is -1.97. The Bertz CT molecular complexity index is 395. The van der Waals surface area contributed by atoms with E-state index in [-0.39, 0.29) is 11.4 Å². The van der Waals surface area contributed by atoms with E-state index in [1.54, 1.807) is 0 Å². The highest BCUT2D eigenvalue weighted by Gasteiger charge is 2.11. The van der Waals surface area contributed by atoms with E-state index in [0.717, 1.165) is 0 Å². The molecule has 0 fully saturated rings. The molecule has 0 saturated carbocycles. The molecule has 0 spiro atoms. The van der Waals surface area contributed by atoms with E-state index < -0.39 is 10.4 Å². The summed E-state index contributed by atoms with van der Waals surface area (Å²) in [5.41, 5.74) is -1.11. The molecule has 0 saturated heterocycles. The molecular formula is C7H3BrClNO4. The van der Waals surface area contributed by atoms with E-state index in [0.29, 0.717) is 4.47 Å². The Morgan fingerprint density at radius 2 is 2.21 bits per heavy atom. The van der Waals surface area contributed by atoms with Gasteiger partial charge in [-0.1, -0.05) is 0 Å². The van der Waals surface area contributed by atoms with Crippen molar-refractivity contribution in [3.8, 4) is 5.75 Å². The van der Waals surface area contributed by atoms with Gasteiger partial charge in [-0.05, 0) is 22.0 Å². The molecule has 0 N–H and O–H groups in total. The summed E-state index contributed by atoms with van der Waals surface area (Å²) < 4.78 is 4.83. The molecule has 0 unspecified atom stereocenters. The maximum atomic E-state index is 10.4. The molecule has 0 aliphatic carbocycles. The topological polar surface area (TPSA) is 69.4 Å². The highest BCUT2D eigenvalue weighted by atomic mass is 79.9.